The molecule has 36 valence electrons. The van der Waals surface area contributed by atoms with Crippen molar-refractivity contribution in [1.29, 1.82) is 0 Å². The van der Waals surface area contributed by atoms with Crippen LogP contribution < -0.4 is 0 Å². The van der Waals surface area contributed by atoms with Crippen molar-refractivity contribution in [3.63, 3.8) is 0 Å². The van der Waals surface area contributed by atoms with E-state index in [-0.39, 0.29) is 38.2 Å². The minimum Gasteiger partial charge on any atom is -0.750 e. The first-order valence-electron chi connectivity index (χ1n) is 0.516. The molecule has 0 fully saturated rings. The molecule has 1 atom stereocenters. The van der Waals surface area contributed by atoms with Crippen LogP contribution in [0.3, 0.4) is 0 Å². The van der Waals surface area contributed by atoms with E-state index in [4.69, 9.17) is 13.3 Å². The van der Waals surface area contributed by atoms with Gasteiger partial charge in [0, 0.05) is 38.2 Å². The van der Waals surface area contributed by atoms with E-state index in [0.29, 0.717) is 0 Å². The molecule has 0 aliphatic rings. The first-order valence-corrected chi connectivity index (χ1v) is 1.55. The molecule has 0 saturated heterocycles. The molecule has 0 amide bonds. The Morgan fingerprint density at radius 1 is 1.80 bits per heavy atom. The summed E-state index contributed by atoms with van der Waals surface area (Å²) in [6.45, 7) is 0. The molecule has 3 nitrogen and oxygen atoms in total. The maximum atomic E-state index is 8.56. The normalized spacial score (nSPS) is 12.4. The van der Waals surface area contributed by atoms with Gasteiger partial charge in [0.05, 0.1) is 11.4 Å². The van der Waals surface area contributed by atoms with Crippen LogP contribution in [0.25, 0.3) is 0 Å². The fourth-order valence-corrected chi connectivity index (χ4v) is 0. The van der Waals surface area contributed by atoms with Crippen LogP contribution in [-0.4, -0.2) is 13.3 Å². The molecule has 0 aliphatic carbocycles. The Hall–Kier alpha value is 1.34. The second kappa shape index (κ2) is 5.34. The van der Waals surface area contributed by atoms with E-state index in [2.05, 4.69) is 0 Å². The van der Waals surface area contributed by atoms with Crippen molar-refractivity contribution in [3.8, 4) is 0 Å². The van der Waals surface area contributed by atoms with E-state index in [1.54, 1.807) is 0 Å². The Morgan fingerprint density at radius 3 is 1.80 bits per heavy atom. The van der Waals surface area contributed by atoms with Gasteiger partial charge < -0.3 is 9.11 Å². The SMILES string of the molecule is O=S([O-])O.[Dy]. The Kier molecular flexibility index (Phi) is 10.3. The van der Waals surface area contributed by atoms with Crippen LogP contribution in [0.1, 0.15) is 0 Å². The zero-order valence-corrected chi connectivity index (χ0v) is 4.83. The van der Waals surface area contributed by atoms with Crippen LogP contribution in [0.2, 0.25) is 0 Å². The van der Waals surface area contributed by atoms with Crippen molar-refractivity contribution < 1.29 is 51.5 Å². The average Bonchev–Trinajstić information content (AvgIpc) is 0.811. The van der Waals surface area contributed by atoms with Gasteiger partial charge in [0.25, 0.3) is 0 Å². The van der Waals surface area contributed by atoms with Crippen molar-refractivity contribution in [3.05, 3.63) is 0 Å². The van der Waals surface area contributed by atoms with E-state index in [1.807, 2.05) is 0 Å². The standard InChI is InChI=1S/Dy.H2O3S/c;1-4(2)3/h;(H2,1,2,3)/p-1. The summed E-state index contributed by atoms with van der Waals surface area (Å²) in [5.41, 5.74) is 0. The van der Waals surface area contributed by atoms with Gasteiger partial charge in [-0.2, -0.15) is 0 Å². The van der Waals surface area contributed by atoms with Gasteiger partial charge in [-0.3, -0.25) is 0 Å². The first-order chi connectivity index (χ1) is 1.73. The van der Waals surface area contributed by atoms with Crippen LogP contribution in [-0.2, 0) is 11.4 Å². The predicted molar refractivity (Wildman–Crippen MR) is 11.5 cm³/mol. The zero-order valence-electron chi connectivity index (χ0n) is 1.99. The number of rotatable bonds is 0. The minimum atomic E-state index is -2.86. The van der Waals surface area contributed by atoms with E-state index in [1.165, 1.54) is 0 Å². The number of hydrogen-bond donors (Lipinski definition) is 1. The van der Waals surface area contributed by atoms with Crippen molar-refractivity contribution in [2.24, 2.45) is 0 Å². The third-order valence-corrected chi connectivity index (χ3v) is 0. The molecule has 0 aliphatic heterocycles. The van der Waals surface area contributed by atoms with Crippen LogP contribution in [0, 0.1) is 38.2 Å². The Bertz CT molecular complexity index is 29.9. The van der Waals surface area contributed by atoms with Crippen LogP contribution in [0.4, 0.5) is 0 Å². The summed E-state index contributed by atoms with van der Waals surface area (Å²) < 4.78 is 24.1. The first kappa shape index (κ1) is 9.60. The summed E-state index contributed by atoms with van der Waals surface area (Å²) in [7, 11) is 0. The molecule has 0 heterocycles. The number of hydrogen-bond acceptors (Lipinski definition) is 2. The molecule has 5 heteroatoms. The molecule has 0 spiro atoms. The van der Waals surface area contributed by atoms with Gasteiger partial charge in [-0.15, -0.1) is 0 Å². The monoisotopic (exact) mass is 245 g/mol. The summed E-state index contributed by atoms with van der Waals surface area (Å²) in [5, 5.41) is 0. The van der Waals surface area contributed by atoms with Gasteiger partial charge in [0.2, 0.25) is 0 Å². The van der Waals surface area contributed by atoms with Crippen LogP contribution >= 0.6 is 0 Å². The van der Waals surface area contributed by atoms with Crippen molar-refractivity contribution in [2.75, 3.05) is 0 Å². The molecule has 0 bridgehead atoms. The minimum absolute atomic E-state index is 0. The Labute approximate surface area is 62.3 Å². The Morgan fingerprint density at radius 2 is 1.80 bits per heavy atom. The molecule has 0 rings (SSSR count). The molecule has 0 aromatic carbocycles. The van der Waals surface area contributed by atoms with Gasteiger partial charge in [0.1, 0.15) is 0 Å². The fourth-order valence-electron chi connectivity index (χ4n) is 0. The van der Waals surface area contributed by atoms with Gasteiger partial charge in [-0.1, -0.05) is 0 Å². The summed E-state index contributed by atoms with van der Waals surface area (Å²) in [6, 6.07) is 0. The van der Waals surface area contributed by atoms with Crippen LogP contribution in [0.5, 0.6) is 0 Å². The third-order valence-electron chi connectivity index (χ3n) is 0. The third kappa shape index (κ3) is 33.1. The molecule has 0 aromatic rings. The molecular weight excluding hydrogens is 243 g/mol. The van der Waals surface area contributed by atoms with Gasteiger partial charge in [-0.05, 0) is 0 Å². The predicted octanol–water partition coefficient (Wildman–Crippen LogP) is -0.661. The van der Waals surface area contributed by atoms with Gasteiger partial charge in [-0.25, -0.2) is 4.21 Å². The van der Waals surface area contributed by atoms with E-state index >= 15 is 0 Å². The molecule has 5 heavy (non-hydrogen) atoms. The maximum absolute atomic E-state index is 8.56. The molecular formula is HDyO3S-. The van der Waals surface area contributed by atoms with E-state index in [0.717, 1.165) is 0 Å². The second-order valence-corrected chi connectivity index (χ2v) is 0.651. The molecule has 1 unspecified atom stereocenters. The topological polar surface area (TPSA) is 60.4 Å². The second-order valence-electron chi connectivity index (χ2n) is 0.217. The average molecular weight is 244 g/mol. The summed E-state index contributed by atoms with van der Waals surface area (Å²) in [4.78, 5) is 0. The summed E-state index contributed by atoms with van der Waals surface area (Å²) in [5.74, 6) is 0. The van der Waals surface area contributed by atoms with Crippen molar-refractivity contribution in [1.82, 2.24) is 0 Å². The summed E-state index contributed by atoms with van der Waals surface area (Å²) >= 11 is -2.86. The molecule has 0 radical (unpaired) electrons. The quantitative estimate of drug-likeness (QED) is 0.575. The molecule has 0 aromatic heterocycles. The van der Waals surface area contributed by atoms with E-state index in [9.17, 15) is 0 Å². The Balaban J connectivity index is 0. The summed E-state index contributed by atoms with van der Waals surface area (Å²) in [6.07, 6.45) is 0. The zero-order chi connectivity index (χ0) is 3.58. The fraction of sp³-hybridized carbons (Fsp3) is 0. The molecule has 0 saturated carbocycles. The largest absolute Gasteiger partial charge is 0.750 e. The smallest absolute Gasteiger partial charge is 0.0814 e. The maximum Gasteiger partial charge on any atom is 0.0814 e. The van der Waals surface area contributed by atoms with E-state index < -0.39 is 11.4 Å². The van der Waals surface area contributed by atoms with Crippen molar-refractivity contribution in [2.45, 2.75) is 0 Å². The van der Waals surface area contributed by atoms with Gasteiger partial charge in [0.15, 0.2) is 0 Å². The van der Waals surface area contributed by atoms with Crippen molar-refractivity contribution >= 4 is 11.4 Å². The van der Waals surface area contributed by atoms with Crippen LogP contribution in [0.15, 0.2) is 0 Å². The van der Waals surface area contributed by atoms with Gasteiger partial charge >= 0.3 is 0 Å². The molecule has 1 N–H and O–H groups in total.